The van der Waals surface area contributed by atoms with Gasteiger partial charge in [0.25, 0.3) is 5.91 Å². The van der Waals surface area contributed by atoms with E-state index < -0.39 is 0 Å². The van der Waals surface area contributed by atoms with Crippen LogP contribution >= 0.6 is 15.9 Å². The second-order valence-electron chi connectivity index (χ2n) is 5.54. The van der Waals surface area contributed by atoms with E-state index in [4.69, 9.17) is 0 Å². The topological polar surface area (TPSA) is 20.3 Å². The van der Waals surface area contributed by atoms with Crippen LogP contribution in [0.3, 0.4) is 0 Å². The molecule has 2 aromatic carbocycles. The maximum atomic E-state index is 12.8. The molecule has 3 rings (SSSR count). The number of carbonyl (C=O) groups excluding carboxylic acids is 1. The molecule has 2 aromatic rings. The first-order chi connectivity index (χ1) is 10.1. The average Bonchev–Trinajstić information content (AvgIpc) is 2.71. The summed E-state index contributed by atoms with van der Waals surface area (Å²) in [4.78, 5) is 14.7. The smallest absolute Gasteiger partial charge is 0.255 e. The van der Waals surface area contributed by atoms with E-state index in [-0.39, 0.29) is 5.91 Å². The van der Waals surface area contributed by atoms with Crippen LogP contribution in [0.15, 0.2) is 46.9 Å². The SMILES string of the molecule is Cc1ccc(Br)c(C(=O)N2CCc3ccccc3CC2)c1. The van der Waals surface area contributed by atoms with E-state index in [1.807, 2.05) is 30.0 Å². The number of halogens is 1. The van der Waals surface area contributed by atoms with Crippen molar-refractivity contribution in [2.45, 2.75) is 19.8 Å². The predicted octanol–water partition coefficient (Wildman–Crippen LogP) is 4.00. The molecular weight excluding hydrogens is 326 g/mol. The van der Waals surface area contributed by atoms with Gasteiger partial charge in [0.1, 0.15) is 0 Å². The van der Waals surface area contributed by atoms with Gasteiger partial charge < -0.3 is 4.90 Å². The van der Waals surface area contributed by atoms with Crippen molar-refractivity contribution in [2.24, 2.45) is 0 Å². The van der Waals surface area contributed by atoms with Gasteiger partial charge in [-0.1, -0.05) is 35.9 Å². The molecule has 21 heavy (non-hydrogen) atoms. The highest BCUT2D eigenvalue weighted by Crippen LogP contribution is 2.22. The Morgan fingerprint density at radius 2 is 1.67 bits per heavy atom. The first kappa shape index (κ1) is 14.3. The molecule has 0 radical (unpaired) electrons. The highest BCUT2D eigenvalue weighted by molar-refractivity contribution is 9.10. The van der Waals surface area contributed by atoms with Crippen LogP contribution in [0, 0.1) is 6.92 Å². The molecule has 1 aliphatic heterocycles. The Balaban J connectivity index is 1.82. The number of nitrogens with zero attached hydrogens (tertiary/aromatic N) is 1. The van der Waals surface area contributed by atoms with Crippen molar-refractivity contribution in [3.63, 3.8) is 0 Å². The Kier molecular flexibility index (Phi) is 4.11. The van der Waals surface area contributed by atoms with Crippen LogP contribution in [-0.2, 0) is 12.8 Å². The molecule has 2 nitrogen and oxygen atoms in total. The fourth-order valence-electron chi connectivity index (χ4n) is 2.84. The van der Waals surface area contributed by atoms with Crippen LogP contribution in [0.4, 0.5) is 0 Å². The van der Waals surface area contributed by atoms with Gasteiger partial charge in [-0.25, -0.2) is 0 Å². The lowest BCUT2D eigenvalue weighted by molar-refractivity contribution is 0.0762. The number of benzene rings is 2. The van der Waals surface area contributed by atoms with E-state index in [2.05, 4.69) is 40.2 Å². The monoisotopic (exact) mass is 343 g/mol. The zero-order chi connectivity index (χ0) is 14.8. The first-order valence-corrected chi connectivity index (χ1v) is 8.06. The molecule has 0 saturated carbocycles. The third kappa shape index (κ3) is 3.03. The highest BCUT2D eigenvalue weighted by atomic mass is 79.9. The van der Waals surface area contributed by atoms with E-state index >= 15 is 0 Å². The molecule has 0 unspecified atom stereocenters. The summed E-state index contributed by atoms with van der Waals surface area (Å²) in [6.07, 6.45) is 1.87. The predicted molar refractivity (Wildman–Crippen MR) is 88.6 cm³/mol. The molecule has 0 spiro atoms. The Morgan fingerprint density at radius 3 is 2.29 bits per heavy atom. The number of amides is 1. The van der Waals surface area contributed by atoms with Crippen LogP contribution in [0.25, 0.3) is 0 Å². The summed E-state index contributed by atoms with van der Waals surface area (Å²) in [6, 6.07) is 14.4. The van der Waals surface area contributed by atoms with Crippen LogP contribution < -0.4 is 0 Å². The largest absolute Gasteiger partial charge is 0.338 e. The van der Waals surface area contributed by atoms with Crippen molar-refractivity contribution in [1.82, 2.24) is 4.90 Å². The summed E-state index contributed by atoms with van der Waals surface area (Å²) >= 11 is 3.50. The molecule has 1 heterocycles. The lowest BCUT2D eigenvalue weighted by Crippen LogP contribution is -2.33. The van der Waals surface area contributed by atoms with E-state index in [1.165, 1.54) is 11.1 Å². The number of fused-ring (bicyclic) bond motifs is 1. The summed E-state index contributed by atoms with van der Waals surface area (Å²) in [7, 11) is 0. The van der Waals surface area contributed by atoms with Gasteiger partial charge in [0.05, 0.1) is 5.56 Å². The average molecular weight is 344 g/mol. The van der Waals surface area contributed by atoms with Gasteiger partial charge in [0.15, 0.2) is 0 Å². The van der Waals surface area contributed by atoms with Crippen molar-refractivity contribution in [1.29, 1.82) is 0 Å². The Morgan fingerprint density at radius 1 is 1.05 bits per heavy atom. The van der Waals surface area contributed by atoms with Crippen molar-refractivity contribution in [3.8, 4) is 0 Å². The molecule has 0 bridgehead atoms. The van der Waals surface area contributed by atoms with E-state index in [9.17, 15) is 4.79 Å². The molecule has 0 atom stereocenters. The first-order valence-electron chi connectivity index (χ1n) is 7.27. The van der Waals surface area contributed by atoms with E-state index in [0.29, 0.717) is 0 Å². The summed E-state index contributed by atoms with van der Waals surface area (Å²) in [5.41, 5.74) is 4.62. The van der Waals surface area contributed by atoms with Crippen molar-refractivity contribution in [3.05, 3.63) is 69.2 Å². The molecule has 3 heteroatoms. The maximum absolute atomic E-state index is 12.8. The van der Waals surface area contributed by atoms with Crippen molar-refractivity contribution in [2.75, 3.05) is 13.1 Å². The standard InChI is InChI=1S/C18H18BrNO/c1-13-6-7-17(19)16(12-13)18(21)20-10-8-14-4-2-3-5-15(14)9-11-20/h2-7,12H,8-11H2,1H3. The minimum Gasteiger partial charge on any atom is -0.338 e. The number of carbonyl (C=O) groups is 1. The summed E-state index contributed by atoms with van der Waals surface area (Å²) in [5, 5.41) is 0. The van der Waals surface area contributed by atoms with Crippen molar-refractivity contribution >= 4 is 21.8 Å². The molecule has 0 fully saturated rings. The molecular formula is C18H18BrNO. The molecule has 0 aromatic heterocycles. The van der Waals surface area contributed by atoms with Gasteiger partial charge in [0, 0.05) is 17.6 Å². The fourth-order valence-corrected chi connectivity index (χ4v) is 3.26. The number of aryl methyl sites for hydroxylation is 1. The van der Waals surface area contributed by atoms with Gasteiger partial charge in [-0.3, -0.25) is 4.79 Å². The molecule has 1 amide bonds. The molecule has 0 aliphatic carbocycles. The number of hydrogen-bond acceptors (Lipinski definition) is 1. The lowest BCUT2D eigenvalue weighted by atomic mass is 10.0. The zero-order valence-electron chi connectivity index (χ0n) is 12.1. The third-order valence-corrected chi connectivity index (χ3v) is 4.75. The minimum absolute atomic E-state index is 0.124. The Hall–Kier alpha value is -1.61. The van der Waals surface area contributed by atoms with Gasteiger partial charge >= 0.3 is 0 Å². The molecule has 108 valence electrons. The summed E-state index contributed by atoms with van der Waals surface area (Å²) in [5.74, 6) is 0.124. The van der Waals surface area contributed by atoms with Crippen LogP contribution in [-0.4, -0.2) is 23.9 Å². The van der Waals surface area contributed by atoms with Crippen molar-refractivity contribution < 1.29 is 4.79 Å². The summed E-state index contributed by atoms with van der Waals surface area (Å²) < 4.78 is 0.875. The minimum atomic E-state index is 0.124. The maximum Gasteiger partial charge on any atom is 0.255 e. The zero-order valence-corrected chi connectivity index (χ0v) is 13.7. The van der Waals surface area contributed by atoms with Gasteiger partial charge in [-0.15, -0.1) is 0 Å². The van der Waals surface area contributed by atoms with E-state index in [0.717, 1.165) is 41.5 Å². The van der Waals surface area contributed by atoms with E-state index in [1.54, 1.807) is 0 Å². The highest BCUT2D eigenvalue weighted by Gasteiger charge is 2.21. The fraction of sp³-hybridized carbons (Fsp3) is 0.278. The van der Waals surface area contributed by atoms with Crippen LogP contribution in [0.1, 0.15) is 27.0 Å². The second-order valence-corrected chi connectivity index (χ2v) is 6.40. The summed E-state index contributed by atoms with van der Waals surface area (Å²) in [6.45, 7) is 3.59. The normalized spacial score (nSPS) is 14.5. The van der Waals surface area contributed by atoms with Crippen LogP contribution in [0.5, 0.6) is 0 Å². The second kappa shape index (κ2) is 6.02. The Bertz CT molecular complexity index is 654. The molecule has 0 N–H and O–H groups in total. The Labute approximate surface area is 133 Å². The van der Waals surface area contributed by atoms with Gasteiger partial charge in [-0.05, 0) is 59.0 Å². The van der Waals surface area contributed by atoms with Crippen LogP contribution in [0.2, 0.25) is 0 Å². The van der Waals surface area contributed by atoms with Gasteiger partial charge in [0.2, 0.25) is 0 Å². The molecule has 0 saturated heterocycles. The number of rotatable bonds is 1. The third-order valence-electron chi connectivity index (χ3n) is 4.06. The lowest BCUT2D eigenvalue weighted by Gasteiger charge is -2.21. The van der Waals surface area contributed by atoms with Gasteiger partial charge in [-0.2, -0.15) is 0 Å². The molecule has 1 aliphatic rings. The number of hydrogen-bond donors (Lipinski definition) is 0. The quantitative estimate of drug-likeness (QED) is 0.766.